The lowest BCUT2D eigenvalue weighted by Crippen LogP contribution is -2.13. The average Bonchev–Trinajstić information content (AvgIpc) is 2.29. The zero-order valence-corrected chi connectivity index (χ0v) is 12.7. The van der Waals surface area contributed by atoms with Gasteiger partial charge in [-0.2, -0.15) is 0 Å². The molecule has 0 rings (SSSR count). The molecule has 0 aromatic rings. The summed E-state index contributed by atoms with van der Waals surface area (Å²) in [5.74, 6) is 2.61. The van der Waals surface area contributed by atoms with E-state index in [0.29, 0.717) is 0 Å². The molecule has 0 amide bonds. The van der Waals surface area contributed by atoms with E-state index in [4.69, 9.17) is 7.85 Å². The molecule has 0 saturated carbocycles. The number of unbranched alkanes of at least 4 members (excludes halogenated alkanes) is 3. The molecule has 0 aromatic heterocycles. The van der Waals surface area contributed by atoms with E-state index in [9.17, 15) is 0 Å². The minimum Gasteiger partial charge on any atom is -0.0887 e. The highest BCUT2D eigenvalue weighted by molar-refractivity contribution is 6.08. The molecule has 1 heteroatoms. The zero-order chi connectivity index (χ0) is 13.1. The first-order valence-electron chi connectivity index (χ1n) is 7.81. The molecule has 0 saturated heterocycles. The van der Waals surface area contributed by atoms with Crippen molar-refractivity contribution in [2.24, 2.45) is 17.8 Å². The largest absolute Gasteiger partial charge is 0.0887 e. The third-order valence-corrected chi connectivity index (χ3v) is 3.98. The van der Waals surface area contributed by atoms with Crippen LogP contribution in [0.15, 0.2) is 0 Å². The summed E-state index contributed by atoms with van der Waals surface area (Å²) in [7, 11) is 5.62. The standard InChI is InChI=1S/C16H33B/c1-5-6-7-8-10-15(4)13-16(14(2)3)11-9-12-17/h14-16H,5-13H2,1-4H3/t15-,16?/m1/s1. The first-order valence-corrected chi connectivity index (χ1v) is 7.81. The van der Waals surface area contributed by atoms with Crippen LogP contribution in [0.2, 0.25) is 6.32 Å². The Balaban J connectivity index is 3.74. The summed E-state index contributed by atoms with van der Waals surface area (Å²) in [5, 5.41) is 0. The molecule has 17 heavy (non-hydrogen) atoms. The van der Waals surface area contributed by atoms with E-state index in [-0.39, 0.29) is 0 Å². The SMILES string of the molecule is [B]CCCC(C[C@H](C)CCCCCC)C(C)C. The molecule has 0 aromatic carbocycles. The fraction of sp³-hybridized carbons (Fsp3) is 1.00. The summed E-state index contributed by atoms with van der Waals surface area (Å²) in [6, 6.07) is 0. The molecule has 2 atom stereocenters. The van der Waals surface area contributed by atoms with Gasteiger partial charge in [-0.25, -0.2) is 0 Å². The van der Waals surface area contributed by atoms with E-state index in [0.717, 1.165) is 24.1 Å². The van der Waals surface area contributed by atoms with Crippen molar-refractivity contribution in [1.29, 1.82) is 0 Å². The van der Waals surface area contributed by atoms with Gasteiger partial charge in [0.2, 0.25) is 0 Å². The third kappa shape index (κ3) is 9.74. The number of rotatable bonds is 11. The third-order valence-electron chi connectivity index (χ3n) is 3.98. The lowest BCUT2D eigenvalue weighted by molar-refractivity contribution is 0.276. The Kier molecular flexibility index (Phi) is 11.2. The molecule has 0 aliphatic rings. The van der Waals surface area contributed by atoms with Crippen LogP contribution in [0.1, 0.15) is 79.1 Å². The number of hydrogen-bond donors (Lipinski definition) is 0. The Labute approximate surface area is 111 Å². The second kappa shape index (κ2) is 11.2. The molecule has 1 unspecified atom stereocenters. The van der Waals surface area contributed by atoms with Crippen molar-refractivity contribution in [2.45, 2.75) is 85.4 Å². The Morgan fingerprint density at radius 1 is 0.882 bits per heavy atom. The first-order chi connectivity index (χ1) is 8.11. The van der Waals surface area contributed by atoms with E-state index in [2.05, 4.69) is 27.7 Å². The molecule has 0 spiro atoms. The Morgan fingerprint density at radius 2 is 1.59 bits per heavy atom. The van der Waals surface area contributed by atoms with Gasteiger partial charge in [-0.1, -0.05) is 79.0 Å². The van der Waals surface area contributed by atoms with Crippen molar-refractivity contribution >= 4 is 7.85 Å². The van der Waals surface area contributed by atoms with Gasteiger partial charge in [-0.05, 0) is 24.2 Å². The maximum atomic E-state index is 5.62. The van der Waals surface area contributed by atoms with Crippen LogP contribution in [0.3, 0.4) is 0 Å². The van der Waals surface area contributed by atoms with E-state index in [1.54, 1.807) is 0 Å². The van der Waals surface area contributed by atoms with Crippen LogP contribution in [-0.2, 0) is 0 Å². The van der Waals surface area contributed by atoms with Crippen LogP contribution in [0.5, 0.6) is 0 Å². The van der Waals surface area contributed by atoms with Crippen molar-refractivity contribution in [3.05, 3.63) is 0 Å². The molecule has 2 radical (unpaired) electrons. The van der Waals surface area contributed by atoms with Gasteiger partial charge in [0.1, 0.15) is 0 Å². The summed E-state index contributed by atoms with van der Waals surface area (Å²) >= 11 is 0. The maximum absolute atomic E-state index is 5.62. The van der Waals surface area contributed by atoms with E-state index in [1.165, 1.54) is 51.4 Å². The van der Waals surface area contributed by atoms with Gasteiger partial charge in [0, 0.05) is 0 Å². The molecule has 0 aliphatic heterocycles. The van der Waals surface area contributed by atoms with E-state index in [1.807, 2.05) is 0 Å². The summed E-state index contributed by atoms with van der Waals surface area (Å²) in [6.07, 6.45) is 11.8. The summed E-state index contributed by atoms with van der Waals surface area (Å²) in [5.41, 5.74) is 0. The first kappa shape index (κ1) is 17.1. The monoisotopic (exact) mass is 236 g/mol. The van der Waals surface area contributed by atoms with Crippen molar-refractivity contribution in [1.82, 2.24) is 0 Å². The van der Waals surface area contributed by atoms with Gasteiger partial charge in [0.15, 0.2) is 0 Å². The minimum absolute atomic E-state index is 0.819. The minimum atomic E-state index is 0.819. The summed E-state index contributed by atoms with van der Waals surface area (Å²) in [4.78, 5) is 0. The smallest absolute Gasteiger partial charge is 0.0653 e. The van der Waals surface area contributed by atoms with Crippen molar-refractivity contribution < 1.29 is 0 Å². The second-order valence-electron chi connectivity index (χ2n) is 6.13. The second-order valence-corrected chi connectivity index (χ2v) is 6.13. The van der Waals surface area contributed by atoms with Crippen LogP contribution in [0, 0.1) is 17.8 Å². The number of hydrogen-bond acceptors (Lipinski definition) is 0. The molecule has 0 fully saturated rings. The van der Waals surface area contributed by atoms with E-state index < -0.39 is 0 Å². The van der Waals surface area contributed by atoms with Crippen molar-refractivity contribution in [3.63, 3.8) is 0 Å². The Bertz CT molecular complexity index is 154. The van der Waals surface area contributed by atoms with Crippen LogP contribution in [0.4, 0.5) is 0 Å². The predicted octanol–water partition coefficient (Wildman–Crippen LogP) is 5.62. The molecule has 0 aliphatic carbocycles. The summed E-state index contributed by atoms with van der Waals surface area (Å²) < 4.78 is 0. The fourth-order valence-electron chi connectivity index (χ4n) is 2.66. The molecule has 0 heterocycles. The lowest BCUT2D eigenvalue weighted by atomic mass is 9.81. The Hall–Kier alpha value is 0.0649. The van der Waals surface area contributed by atoms with Crippen molar-refractivity contribution in [2.75, 3.05) is 0 Å². The topological polar surface area (TPSA) is 0 Å². The molecule has 0 N–H and O–H groups in total. The normalized spacial score (nSPS) is 15.1. The Morgan fingerprint density at radius 3 is 2.12 bits per heavy atom. The van der Waals surface area contributed by atoms with Crippen LogP contribution >= 0.6 is 0 Å². The van der Waals surface area contributed by atoms with Gasteiger partial charge in [-0.3, -0.25) is 0 Å². The van der Waals surface area contributed by atoms with Gasteiger partial charge < -0.3 is 0 Å². The van der Waals surface area contributed by atoms with Crippen LogP contribution in [-0.4, -0.2) is 7.85 Å². The van der Waals surface area contributed by atoms with Gasteiger partial charge in [0.25, 0.3) is 0 Å². The fourth-order valence-corrected chi connectivity index (χ4v) is 2.66. The van der Waals surface area contributed by atoms with Gasteiger partial charge in [-0.15, -0.1) is 0 Å². The van der Waals surface area contributed by atoms with Crippen LogP contribution < -0.4 is 0 Å². The molecule has 0 bridgehead atoms. The predicted molar refractivity (Wildman–Crippen MR) is 80.7 cm³/mol. The summed E-state index contributed by atoms with van der Waals surface area (Å²) in [6.45, 7) is 9.45. The molecular weight excluding hydrogens is 203 g/mol. The highest BCUT2D eigenvalue weighted by Crippen LogP contribution is 2.28. The maximum Gasteiger partial charge on any atom is 0.0653 e. The van der Waals surface area contributed by atoms with Crippen molar-refractivity contribution in [3.8, 4) is 0 Å². The van der Waals surface area contributed by atoms with Gasteiger partial charge in [0.05, 0.1) is 7.85 Å². The zero-order valence-electron chi connectivity index (χ0n) is 12.7. The van der Waals surface area contributed by atoms with E-state index >= 15 is 0 Å². The average molecular weight is 236 g/mol. The molecule has 0 nitrogen and oxygen atoms in total. The van der Waals surface area contributed by atoms with Crippen LogP contribution in [0.25, 0.3) is 0 Å². The lowest BCUT2D eigenvalue weighted by Gasteiger charge is -2.24. The van der Waals surface area contributed by atoms with Gasteiger partial charge >= 0.3 is 0 Å². The quantitative estimate of drug-likeness (QED) is 0.322. The molecule has 100 valence electrons. The highest BCUT2D eigenvalue weighted by Gasteiger charge is 2.16. The highest BCUT2D eigenvalue weighted by atomic mass is 14.2. The molecular formula is C16H33B.